The van der Waals surface area contributed by atoms with Crippen LogP contribution in [0, 0.1) is 0 Å². The van der Waals surface area contributed by atoms with Crippen molar-refractivity contribution >= 4 is 24.0 Å². The minimum absolute atomic E-state index is 0. The lowest BCUT2D eigenvalue weighted by Gasteiger charge is -2.24. The minimum atomic E-state index is -0.336. The molecule has 0 aromatic heterocycles. The molecule has 0 radical (unpaired) electrons. The van der Waals surface area contributed by atoms with E-state index < -0.39 is 0 Å². The molecule has 21 heavy (non-hydrogen) atoms. The molecule has 0 atom stereocenters. The maximum Gasteiger partial charge on any atom is 0.179 e. The second-order valence-corrected chi connectivity index (χ2v) is 5.57. The van der Waals surface area contributed by atoms with E-state index in [4.69, 9.17) is 21.1 Å². The predicted molar refractivity (Wildman–Crippen MR) is 89.0 cm³/mol. The van der Waals surface area contributed by atoms with Crippen molar-refractivity contribution in [1.82, 2.24) is 5.32 Å². The van der Waals surface area contributed by atoms with Crippen molar-refractivity contribution in [1.29, 1.82) is 0 Å². The van der Waals surface area contributed by atoms with Gasteiger partial charge in [0.25, 0.3) is 0 Å². The van der Waals surface area contributed by atoms with Gasteiger partial charge in [-0.15, -0.1) is 12.4 Å². The third kappa shape index (κ3) is 6.30. The topological polar surface area (TPSA) is 50.7 Å². The van der Waals surface area contributed by atoms with Gasteiger partial charge in [0.2, 0.25) is 0 Å². The predicted octanol–water partition coefficient (Wildman–Crippen LogP) is 3.42. The highest BCUT2D eigenvalue weighted by atomic mass is 35.5. The van der Waals surface area contributed by atoms with E-state index in [1.54, 1.807) is 0 Å². The number of aliphatic hydroxyl groups is 1. The monoisotopic (exact) mass is 337 g/mol. The Bertz CT molecular complexity index is 439. The maximum atomic E-state index is 9.25. The lowest BCUT2D eigenvalue weighted by molar-refractivity contribution is 0.187. The zero-order chi connectivity index (χ0) is 15.2. The van der Waals surface area contributed by atoms with E-state index in [1.165, 1.54) is 0 Å². The fourth-order valence-electron chi connectivity index (χ4n) is 1.67. The van der Waals surface area contributed by atoms with E-state index >= 15 is 0 Å². The summed E-state index contributed by atoms with van der Waals surface area (Å²) in [4.78, 5) is 0. The normalized spacial score (nSPS) is 11.0. The number of rotatable bonds is 8. The average Bonchev–Trinajstić information content (AvgIpc) is 2.41. The largest absolute Gasteiger partial charge is 0.490 e. The molecule has 0 bridgehead atoms. The van der Waals surface area contributed by atoms with Gasteiger partial charge in [-0.2, -0.15) is 0 Å². The van der Waals surface area contributed by atoms with Gasteiger partial charge < -0.3 is 19.9 Å². The van der Waals surface area contributed by atoms with Crippen LogP contribution in [-0.4, -0.2) is 30.5 Å². The molecule has 0 aliphatic heterocycles. The van der Waals surface area contributed by atoms with E-state index in [-0.39, 0.29) is 24.6 Å². The van der Waals surface area contributed by atoms with E-state index in [0.29, 0.717) is 36.3 Å². The van der Waals surface area contributed by atoms with Crippen LogP contribution < -0.4 is 14.8 Å². The first kappa shape index (κ1) is 20.3. The molecule has 0 heterocycles. The standard InChI is InChI=1S/C15H24ClNO3.ClH/c1-5-19-13-8-11(9-17-15(3,4)10-18)7-12(16)14(13)20-6-2;/h7-8,17-18H,5-6,9-10H2,1-4H3;1H. The Balaban J connectivity index is 0.00000400. The number of nitrogens with one attached hydrogen (secondary N) is 1. The zero-order valence-electron chi connectivity index (χ0n) is 13.0. The van der Waals surface area contributed by atoms with Crippen LogP contribution in [0.3, 0.4) is 0 Å². The fraction of sp³-hybridized carbons (Fsp3) is 0.600. The summed E-state index contributed by atoms with van der Waals surface area (Å²) in [5.41, 5.74) is 0.653. The summed E-state index contributed by atoms with van der Waals surface area (Å²) < 4.78 is 11.1. The van der Waals surface area contributed by atoms with Gasteiger partial charge >= 0.3 is 0 Å². The summed E-state index contributed by atoms with van der Waals surface area (Å²) >= 11 is 6.25. The SMILES string of the molecule is CCOc1cc(CNC(C)(C)CO)cc(Cl)c1OCC.Cl. The van der Waals surface area contributed by atoms with Crippen molar-refractivity contribution in [2.45, 2.75) is 39.8 Å². The van der Waals surface area contributed by atoms with E-state index in [0.717, 1.165) is 5.56 Å². The molecule has 0 amide bonds. The minimum Gasteiger partial charge on any atom is -0.490 e. The van der Waals surface area contributed by atoms with Gasteiger partial charge in [-0.25, -0.2) is 0 Å². The molecule has 0 saturated heterocycles. The lowest BCUT2D eigenvalue weighted by atomic mass is 10.1. The van der Waals surface area contributed by atoms with Crippen molar-refractivity contribution in [2.24, 2.45) is 0 Å². The molecule has 0 spiro atoms. The van der Waals surface area contributed by atoms with Gasteiger partial charge in [0.15, 0.2) is 11.5 Å². The molecule has 4 nitrogen and oxygen atoms in total. The third-order valence-electron chi connectivity index (χ3n) is 2.82. The first-order valence-corrected chi connectivity index (χ1v) is 7.25. The number of aliphatic hydroxyl groups excluding tert-OH is 1. The molecule has 6 heteroatoms. The van der Waals surface area contributed by atoms with Crippen LogP contribution >= 0.6 is 24.0 Å². The average molecular weight is 338 g/mol. The first-order chi connectivity index (χ1) is 9.43. The van der Waals surface area contributed by atoms with Crippen molar-refractivity contribution in [3.63, 3.8) is 0 Å². The van der Waals surface area contributed by atoms with Crippen LogP contribution in [0.4, 0.5) is 0 Å². The maximum absolute atomic E-state index is 9.25. The summed E-state index contributed by atoms with van der Waals surface area (Å²) in [6.45, 7) is 9.45. The van der Waals surface area contributed by atoms with Gasteiger partial charge in [0.05, 0.1) is 24.8 Å². The summed E-state index contributed by atoms with van der Waals surface area (Å²) in [5, 5.41) is 13.1. The van der Waals surface area contributed by atoms with Gasteiger partial charge in [-0.3, -0.25) is 0 Å². The Kier molecular flexibility index (Phi) is 9.06. The molecule has 1 aromatic carbocycles. The fourth-order valence-corrected chi connectivity index (χ4v) is 1.96. The quantitative estimate of drug-likeness (QED) is 0.763. The second kappa shape index (κ2) is 9.36. The first-order valence-electron chi connectivity index (χ1n) is 6.87. The number of ether oxygens (including phenoxy) is 2. The lowest BCUT2D eigenvalue weighted by Crippen LogP contribution is -2.42. The van der Waals surface area contributed by atoms with Gasteiger partial charge in [-0.05, 0) is 45.4 Å². The number of halogens is 2. The Morgan fingerprint density at radius 1 is 1.19 bits per heavy atom. The van der Waals surface area contributed by atoms with Gasteiger partial charge in [0.1, 0.15) is 0 Å². The molecule has 2 N–H and O–H groups in total. The van der Waals surface area contributed by atoms with Crippen LogP contribution in [0.25, 0.3) is 0 Å². The van der Waals surface area contributed by atoms with Crippen LogP contribution in [0.1, 0.15) is 33.3 Å². The van der Waals surface area contributed by atoms with Crippen LogP contribution in [-0.2, 0) is 6.54 Å². The summed E-state index contributed by atoms with van der Waals surface area (Å²) in [6.07, 6.45) is 0. The summed E-state index contributed by atoms with van der Waals surface area (Å²) in [6, 6.07) is 3.77. The Morgan fingerprint density at radius 3 is 2.33 bits per heavy atom. The molecule has 1 rings (SSSR count). The molecule has 122 valence electrons. The molecular formula is C15H25Cl2NO3. The van der Waals surface area contributed by atoms with Crippen molar-refractivity contribution in [3.05, 3.63) is 22.7 Å². The highest BCUT2D eigenvalue weighted by Gasteiger charge is 2.17. The van der Waals surface area contributed by atoms with Crippen LogP contribution in [0.5, 0.6) is 11.5 Å². The smallest absolute Gasteiger partial charge is 0.179 e. The number of hydrogen-bond acceptors (Lipinski definition) is 4. The van der Waals surface area contributed by atoms with E-state index in [9.17, 15) is 5.11 Å². The highest BCUT2D eigenvalue weighted by molar-refractivity contribution is 6.32. The summed E-state index contributed by atoms with van der Waals surface area (Å²) in [5.74, 6) is 1.24. The molecule has 0 aliphatic carbocycles. The third-order valence-corrected chi connectivity index (χ3v) is 3.10. The molecule has 0 fully saturated rings. The second-order valence-electron chi connectivity index (χ2n) is 5.17. The molecule has 0 saturated carbocycles. The zero-order valence-corrected chi connectivity index (χ0v) is 14.6. The number of hydrogen-bond donors (Lipinski definition) is 2. The van der Waals surface area contributed by atoms with Crippen LogP contribution in [0.15, 0.2) is 12.1 Å². The highest BCUT2D eigenvalue weighted by Crippen LogP contribution is 2.36. The Morgan fingerprint density at radius 2 is 1.81 bits per heavy atom. The Labute approximate surface area is 138 Å². The van der Waals surface area contributed by atoms with Crippen LogP contribution in [0.2, 0.25) is 5.02 Å². The van der Waals surface area contributed by atoms with Crippen molar-refractivity contribution in [2.75, 3.05) is 19.8 Å². The van der Waals surface area contributed by atoms with Crippen molar-refractivity contribution in [3.8, 4) is 11.5 Å². The van der Waals surface area contributed by atoms with E-state index in [1.807, 2.05) is 39.8 Å². The van der Waals surface area contributed by atoms with Gasteiger partial charge in [0, 0.05) is 12.1 Å². The molecule has 0 unspecified atom stereocenters. The number of benzene rings is 1. The van der Waals surface area contributed by atoms with E-state index in [2.05, 4.69) is 5.32 Å². The molecule has 1 aromatic rings. The molecular weight excluding hydrogens is 313 g/mol. The Hall–Kier alpha value is -0.680. The molecule has 0 aliphatic rings. The van der Waals surface area contributed by atoms with Crippen molar-refractivity contribution < 1.29 is 14.6 Å². The summed E-state index contributed by atoms with van der Waals surface area (Å²) in [7, 11) is 0. The van der Waals surface area contributed by atoms with Gasteiger partial charge in [-0.1, -0.05) is 11.6 Å².